The van der Waals surface area contributed by atoms with E-state index in [2.05, 4.69) is 159 Å². The molecule has 0 atom stereocenters. The third-order valence-corrected chi connectivity index (χ3v) is 15.5. The summed E-state index contributed by atoms with van der Waals surface area (Å²) < 4.78 is 0. The predicted octanol–water partition coefficient (Wildman–Crippen LogP) is 15.3. The molecule has 0 spiro atoms. The monoisotopic (exact) mass is 797 g/mol. The van der Waals surface area contributed by atoms with E-state index in [0.29, 0.717) is 0 Å². The molecule has 0 saturated heterocycles. The Morgan fingerprint density at radius 2 is 0.965 bits per heavy atom. The number of rotatable bonds is 15. The fourth-order valence-electron chi connectivity index (χ4n) is 8.29. The maximum atomic E-state index is 14.1. The zero-order chi connectivity index (χ0) is 39.2. The molecule has 4 heteroatoms. The van der Waals surface area contributed by atoms with Crippen molar-refractivity contribution in [2.24, 2.45) is 0 Å². The molecule has 0 aliphatic heterocycles. The average molecular weight is 798 g/mol. The molecule has 0 radical (unpaired) electrons. The molecule has 1 aliphatic carbocycles. The Morgan fingerprint density at radius 3 is 1.49 bits per heavy atom. The standard InChI is InChI=1S/C53H49OS3/c1-4-6-34-53(35-7-5-2)50-36-39(52(54)47-21-15-14-16-38(47)3)22-32-48(50)49-33-31-46(37-51(49)53)57(44-27-23-42(24-28-44)55-40-17-10-8-11-18-40)45-29-25-43(26-30-45)56-41-19-12-9-13-20-41/h8-33,36-37H,4-7,34-35H2,1-3H3/q+1. The quantitative estimate of drug-likeness (QED) is 0.0760. The van der Waals surface area contributed by atoms with Crippen molar-refractivity contribution in [2.45, 2.75) is 99.0 Å². The molecular formula is C53H49OS3+. The van der Waals surface area contributed by atoms with Gasteiger partial charge >= 0.3 is 0 Å². The van der Waals surface area contributed by atoms with E-state index in [0.717, 1.165) is 55.2 Å². The zero-order valence-corrected chi connectivity index (χ0v) is 35.5. The molecule has 57 heavy (non-hydrogen) atoms. The maximum Gasteiger partial charge on any atom is 0.193 e. The first-order chi connectivity index (χ1) is 28.0. The van der Waals surface area contributed by atoms with E-state index in [1.165, 1.54) is 56.5 Å². The van der Waals surface area contributed by atoms with Crippen LogP contribution >= 0.6 is 23.5 Å². The van der Waals surface area contributed by atoms with Gasteiger partial charge in [0.25, 0.3) is 0 Å². The number of benzene rings is 7. The van der Waals surface area contributed by atoms with Crippen LogP contribution in [0.15, 0.2) is 204 Å². The maximum absolute atomic E-state index is 14.1. The van der Waals surface area contributed by atoms with E-state index >= 15 is 0 Å². The van der Waals surface area contributed by atoms with E-state index in [4.69, 9.17) is 0 Å². The molecule has 0 bridgehead atoms. The van der Waals surface area contributed by atoms with Gasteiger partial charge in [-0.05, 0) is 145 Å². The lowest BCUT2D eigenvalue weighted by molar-refractivity contribution is 0.103. The second-order valence-corrected chi connectivity index (χ2v) is 19.3. The minimum atomic E-state index is -0.338. The highest BCUT2D eigenvalue weighted by molar-refractivity contribution is 7.99. The molecule has 0 amide bonds. The largest absolute Gasteiger partial charge is 0.289 e. The normalized spacial score (nSPS) is 12.7. The van der Waals surface area contributed by atoms with E-state index in [9.17, 15) is 4.79 Å². The number of unbranched alkanes of at least 4 members (excludes halogenated alkanes) is 2. The summed E-state index contributed by atoms with van der Waals surface area (Å²) in [6.45, 7) is 6.64. The molecule has 284 valence electrons. The zero-order valence-electron chi connectivity index (χ0n) is 33.0. The Morgan fingerprint density at radius 1 is 0.509 bits per heavy atom. The second kappa shape index (κ2) is 17.8. The number of aryl methyl sites for hydroxylation is 1. The summed E-state index contributed by atoms with van der Waals surface area (Å²) in [5, 5.41) is 0. The van der Waals surface area contributed by atoms with Crippen LogP contribution in [0.3, 0.4) is 0 Å². The van der Waals surface area contributed by atoms with Crippen molar-refractivity contribution >= 4 is 40.2 Å². The average Bonchev–Trinajstić information content (AvgIpc) is 3.52. The van der Waals surface area contributed by atoms with Crippen molar-refractivity contribution in [2.75, 3.05) is 0 Å². The van der Waals surface area contributed by atoms with Crippen LogP contribution in [0.25, 0.3) is 11.1 Å². The van der Waals surface area contributed by atoms with Gasteiger partial charge in [-0.15, -0.1) is 0 Å². The van der Waals surface area contributed by atoms with Crippen LogP contribution in [0.5, 0.6) is 0 Å². The van der Waals surface area contributed by atoms with Crippen molar-refractivity contribution < 1.29 is 4.79 Å². The molecule has 0 aromatic heterocycles. The summed E-state index contributed by atoms with van der Waals surface area (Å²) in [6.07, 6.45) is 6.67. The predicted molar refractivity (Wildman–Crippen MR) is 242 cm³/mol. The minimum absolute atomic E-state index is 0.108. The van der Waals surface area contributed by atoms with Gasteiger partial charge < -0.3 is 0 Å². The number of carbonyl (C=O) groups is 1. The van der Waals surface area contributed by atoms with Crippen molar-refractivity contribution in [3.8, 4) is 11.1 Å². The van der Waals surface area contributed by atoms with Gasteiger partial charge in [0.15, 0.2) is 20.5 Å². The number of ketones is 1. The summed E-state index contributed by atoms with van der Waals surface area (Å²) >= 11 is 3.61. The Bertz CT molecular complexity index is 2360. The Balaban J connectivity index is 1.23. The van der Waals surface area contributed by atoms with Gasteiger partial charge in [0.05, 0.1) is 10.9 Å². The summed E-state index contributed by atoms with van der Waals surface area (Å²) in [5.41, 5.74) is 7.81. The minimum Gasteiger partial charge on any atom is -0.289 e. The lowest BCUT2D eigenvalue weighted by atomic mass is 9.70. The summed E-state index contributed by atoms with van der Waals surface area (Å²) in [4.78, 5) is 23.0. The van der Waals surface area contributed by atoms with E-state index < -0.39 is 0 Å². The SMILES string of the molecule is CCCCC1(CCCC)c2cc(C(=O)c3ccccc3C)ccc2-c2ccc([S+](c3ccc(Sc4ccccc4)cc3)c3ccc(Sc4ccccc4)cc3)cc21. The van der Waals surface area contributed by atoms with Crippen molar-refractivity contribution in [3.05, 3.63) is 198 Å². The third kappa shape index (κ3) is 8.32. The lowest BCUT2D eigenvalue weighted by Crippen LogP contribution is -2.26. The van der Waals surface area contributed by atoms with Crippen LogP contribution in [0.1, 0.15) is 85.0 Å². The molecule has 7 aromatic carbocycles. The molecular weight excluding hydrogens is 749 g/mol. The number of fused-ring (bicyclic) bond motifs is 3. The van der Waals surface area contributed by atoms with Crippen molar-refractivity contribution in [1.82, 2.24) is 0 Å². The van der Waals surface area contributed by atoms with Gasteiger partial charge in [-0.25, -0.2) is 0 Å². The molecule has 0 saturated carbocycles. The van der Waals surface area contributed by atoms with Crippen LogP contribution in [0.2, 0.25) is 0 Å². The van der Waals surface area contributed by atoms with Crippen molar-refractivity contribution in [1.29, 1.82) is 0 Å². The van der Waals surface area contributed by atoms with Gasteiger partial charge in [0.1, 0.15) is 0 Å². The van der Waals surface area contributed by atoms with Gasteiger partial charge in [-0.2, -0.15) is 0 Å². The first-order valence-corrected chi connectivity index (χ1v) is 23.1. The van der Waals surface area contributed by atoms with Gasteiger partial charge in [0.2, 0.25) is 0 Å². The highest BCUT2D eigenvalue weighted by Gasteiger charge is 2.44. The molecule has 8 rings (SSSR count). The number of hydrogen-bond acceptors (Lipinski definition) is 3. The molecule has 1 aliphatic rings. The molecule has 0 heterocycles. The highest BCUT2D eigenvalue weighted by Crippen LogP contribution is 2.55. The highest BCUT2D eigenvalue weighted by atomic mass is 32.2. The molecule has 0 N–H and O–H groups in total. The first kappa shape index (κ1) is 39.1. The summed E-state index contributed by atoms with van der Waals surface area (Å²) in [6, 6.07) is 61.6. The van der Waals surface area contributed by atoms with Crippen LogP contribution in [0, 0.1) is 6.92 Å². The molecule has 0 unspecified atom stereocenters. The van der Waals surface area contributed by atoms with Crippen LogP contribution in [0.4, 0.5) is 0 Å². The Hall–Kier alpha value is -4.74. The summed E-state index contributed by atoms with van der Waals surface area (Å²) in [5.74, 6) is 0.108. The van der Waals surface area contributed by atoms with Crippen LogP contribution < -0.4 is 0 Å². The number of carbonyl (C=O) groups excluding carboxylic acids is 1. The molecule has 7 aromatic rings. The second-order valence-electron chi connectivity index (χ2n) is 15.0. The Kier molecular flexibility index (Phi) is 12.2. The van der Waals surface area contributed by atoms with Crippen LogP contribution in [-0.4, -0.2) is 5.78 Å². The number of hydrogen-bond donors (Lipinski definition) is 0. The van der Waals surface area contributed by atoms with Gasteiger partial charge in [-0.3, -0.25) is 4.79 Å². The van der Waals surface area contributed by atoms with E-state index in [1.807, 2.05) is 31.2 Å². The van der Waals surface area contributed by atoms with E-state index in [1.54, 1.807) is 23.5 Å². The Labute approximate surface area is 350 Å². The van der Waals surface area contributed by atoms with Crippen LogP contribution in [-0.2, 0) is 16.3 Å². The fraction of sp³-hybridized carbons (Fsp3) is 0.189. The summed E-state index contributed by atoms with van der Waals surface area (Å²) in [7, 11) is -0.338. The van der Waals surface area contributed by atoms with Gasteiger partial charge in [0, 0.05) is 36.1 Å². The van der Waals surface area contributed by atoms with Gasteiger partial charge in [-0.1, -0.05) is 136 Å². The molecule has 1 nitrogen and oxygen atoms in total. The smallest absolute Gasteiger partial charge is 0.193 e. The first-order valence-electron chi connectivity index (χ1n) is 20.3. The molecule has 0 fully saturated rings. The van der Waals surface area contributed by atoms with Crippen molar-refractivity contribution in [3.63, 3.8) is 0 Å². The lowest BCUT2D eigenvalue weighted by Gasteiger charge is -2.33. The van der Waals surface area contributed by atoms with E-state index in [-0.39, 0.29) is 22.1 Å². The third-order valence-electron chi connectivity index (χ3n) is 11.2. The topological polar surface area (TPSA) is 17.1 Å². The fourth-order valence-corrected chi connectivity index (χ4v) is 12.0.